The Labute approximate surface area is 342 Å². The Kier molecular flexibility index (Phi) is 38.2. The Balaban J connectivity index is 3.93. The number of quaternary nitrogens is 1. The van der Waals surface area contributed by atoms with Crippen molar-refractivity contribution in [2.75, 3.05) is 40.9 Å². The molecule has 0 fully saturated rings. The van der Waals surface area contributed by atoms with Crippen LogP contribution in [0.15, 0.2) is 12.2 Å². The number of hydrogen-bond donors (Lipinski definition) is 2. The van der Waals surface area contributed by atoms with E-state index in [4.69, 9.17) is 9.05 Å². The number of carbonyl (C=O) groups excluding carboxylic acids is 1. The standard InChI is InChI=1S/C46H93N2O6P/c1-6-8-10-12-14-15-16-17-18-19-20-21-22-23-24-25-26-27-28-29-30-31-32-33-34-36-38-40-46(50)47-44(45(49)39-37-35-13-11-9-7-2)43-54-55(51,52)53-42-41-48(3,4)5/h19-20,44-45,49H,6-18,21-43H2,1-5H3,(H-,47,50,51,52)/b20-19-. The van der Waals surface area contributed by atoms with Gasteiger partial charge in [-0.25, -0.2) is 0 Å². The zero-order valence-corrected chi connectivity index (χ0v) is 38.0. The number of phosphoric ester groups is 1. The molecule has 0 aliphatic carbocycles. The molecule has 0 saturated carbocycles. The number of aliphatic hydroxyl groups is 1. The van der Waals surface area contributed by atoms with Gasteiger partial charge in [0.25, 0.3) is 7.82 Å². The molecule has 0 aliphatic heterocycles. The molecule has 0 aromatic rings. The molecule has 0 aromatic heterocycles. The van der Waals surface area contributed by atoms with Crippen LogP contribution in [0.3, 0.4) is 0 Å². The summed E-state index contributed by atoms with van der Waals surface area (Å²) in [6, 6.07) is -0.793. The van der Waals surface area contributed by atoms with Gasteiger partial charge in [0.1, 0.15) is 13.2 Å². The summed E-state index contributed by atoms with van der Waals surface area (Å²) in [5.74, 6) is -0.168. The minimum absolute atomic E-state index is 0.0137. The fraction of sp³-hybridized carbons (Fsp3) is 0.935. The number of likely N-dealkylation sites (N-methyl/N-ethyl adjacent to an activating group) is 1. The first-order chi connectivity index (χ1) is 26.5. The second-order valence-electron chi connectivity index (χ2n) is 17.5. The number of allylic oxidation sites excluding steroid dienone is 2. The van der Waals surface area contributed by atoms with Crippen molar-refractivity contribution in [3.05, 3.63) is 12.2 Å². The van der Waals surface area contributed by atoms with Crippen LogP contribution in [-0.2, 0) is 18.4 Å². The number of aliphatic hydroxyl groups excluding tert-OH is 1. The molecule has 0 aromatic carbocycles. The molecule has 328 valence electrons. The Hall–Kier alpha value is -0.760. The maximum Gasteiger partial charge on any atom is 0.268 e. The number of amides is 1. The average molecular weight is 801 g/mol. The van der Waals surface area contributed by atoms with Crippen LogP contribution in [0.4, 0.5) is 0 Å². The lowest BCUT2D eigenvalue weighted by Crippen LogP contribution is -2.46. The molecule has 9 heteroatoms. The largest absolute Gasteiger partial charge is 0.756 e. The summed E-state index contributed by atoms with van der Waals surface area (Å²) >= 11 is 0. The van der Waals surface area contributed by atoms with E-state index in [1.54, 1.807) is 0 Å². The molecule has 0 rings (SSSR count). The van der Waals surface area contributed by atoms with Crippen LogP contribution in [0, 0.1) is 0 Å². The van der Waals surface area contributed by atoms with Gasteiger partial charge in [0.2, 0.25) is 5.91 Å². The van der Waals surface area contributed by atoms with E-state index in [9.17, 15) is 19.4 Å². The summed E-state index contributed by atoms with van der Waals surface area (Å²) in [5, 5.41) is 13.7. The maximum atomic E-state index is 12.8. The summed E-state index contributed by atoms with van der Waals surface area (Å²) in [5.41, 5.74) is 0. The smallest absolute Gasteiger partial charge is 0.268 e. The monoisotopic (exact) mass is 801 g/mol. The zero-order valence-electron chi connectivity index (χ0n) is 37.1. The van der Waals surface area contributed by atoms with Crippen molar-refractivity contribution in [2.45, 2.75) is 238 Å². The fourth-order valence-corrected chi connectivity index (χ4v) is 7.70. The van der Waals surface area contributed by atoms with E-state index in [0.29, 0.717) is 23.9 Å². The molecule has 0 spiro atoms. The van der Waals surface area contributed by atoms with E-state index in [1.165, 1.54) is 161 Å². The Morgan fingerprint density at radius 2 is 1.00 bits per heavy atom. The van der Waals surface area contributed by atoms with E-state index >= 15 is 0 Å². The third-order valence-corrected chi connectivity index (χ3v) is 11.7. The van der Waals surface area contributed by atoms with Gasteiger partial charge in [-0.05, 0) is 38.5 Å². The van der Waals surface area contributed by atoms with Gasteiger partial charge in [-0.2, -0.15) is 0 Å². The molecule has 0 saturated heterocycles. The first kappa shape index (κ1) is 54.2. The average Bonchev–Trinajstić information content (AvgIpc) is 3.13. The Morgan fingerprint density at radius 1 is 0.618 bits per heavy atom. The van der Waals surface area contributed by atoms with Crippen molar-refractivity contribution >= 4 is 13.7 Å². The molecular weight excluding hydrogens is 707 g/mol. The molecule has 55 heavy (non-hydrogen) atoms. The molecule has 0 radical (unpaired) electrons. The highest BCUT2D eigenvalue weighted by Crippen LogP contribution is 2.38. The van der Waals surface area contributed by atoms with Gasteiger partial charge in [-0.3, -0.25) is 9.36 Å². The number of hydrogen-bond acceptors (Lipinski definition) is 6. The number of unbranched alkanes of at least 4 members (excludes halogenated alkanes) is 28. The van der Waals surface area contributed by atoms with Gasteiger partial charge < -0.3 is 28.8 Å². The lowest BCUT2D eigenvalue weighted by molar-refractivity contribution is -0.870. The van der Waals surface area contributed by atoms with Crippen molar-refractivity contribution in [1.82, 2.24) is 5.32 Å². The van der Waals surface area contributed by atoms with Crippen LogP contribution in [0.2, 0.25) is 0 Å². The van der Waals surface area contributed by atoms with Crippen molar-refractivity contribution in [3.63, 3.8) is 0 Å². The highest BCUT2D eigenvalue weighted by molar-refractivity contribution is 7.45. The fourth-order valence-electron chi connectivity index (χ4n) is 6.98. The van der Waals surface area contributed by atoms with Crippen LogP contribution >= 0.6 is 7.82 Å². The zero-order chi connectivity index (χ0) is 40.7. The van der Waals surface area contributed by atoms with Crippen molar-refractivity contribution in [3.8, 4) is 0 Å². The van der Waals surface area contributed by atoms with E-state index in [1.807, 2.05) is 21.1 Å². The molecule has 0 heterocycles. The maximum absolute atomic E-state index is 12.8. The van der Waals surface area contributed by atoms with Crippen LogP contribution in [0.5, 0.6) is 0 Å². The Bertz CT molecular complexity index is 911. The Morgan fingerprint density at radius 3 is 1.42 bits per heavy atom. The van der Waals surface area contributed by atoms with Crippen molar-refractivity contribution in [1.29, 1.82) is 0 Å². The second kappa shape index (κ2) is 38.7. The molecule has 1 amide bonds. The van der Waals surface area contributed by atoms with Crippen LogP contribution in [0.25, 0.3) is 0 Å². The van der Waals surface area contributed by atoms with Crippen LogP contribution in [-0.4, -0.2) is 68.5 Å². The van der Waals surface area contributed by atoms with Gasteiger partial charge >= 0.3 is 0 Å². The predicted octanol–water partition coefficient (Wildman–Crippen LogP) is 12.5. The molecule has 2 N–H and O–H groups in total. The van der Waals surface area contributed by atoms with Crippen molar-refractivity contribution in [2.24, 2.45) is 0 Å². The quantitative estimate of drug-likeness (QED) is 0.0275. The number of rotatable bonds is 43. The number of nitrogens with zero attached hydrogens (tertiary/aromatic N) is 1. The molecular formula is C46H93N2O6P. The molecule has 8 nitrogen and oxygen atoms in total. The normalized spacial score (nSPS) is 14.4. The molecule has 0 bridgehead atoms. The van der Waals surface area contributed by atoms with E-state index < -0.39 is 20.0 Å². The second-order valence-corrected chi connectivity index (χ2v) is 18.9. The molecule has 3 unspecified atom stereocenters. The highest BCUT2D eigenvalue weighted by atomic mass is 31.2. The third-order valence-electron chi connectivity index (χ3n) is 10.8. The minimum atomic E-state index is -4.55. The minimum Gasteiger partial charge on any atom is -0.756 e. The topological polar surface area (TPSA) is 108 Å². The van der Waals surface area contributed by atoms with Gasteiger partial charge in [0.05, 0.1) is 39.9 Å². The van der Waals surface area contributed by atoms with Crippen LogP contribution in [0.1, 0.15) is 226 Å². The summed E-state index contributed by atoms with van der Waals surface area (Å²) in [4.78, 5) is 25.2. The number of carbonyl (C=O) groups is 1. The van der Waals surface area contributed by atoms with Crippen LogP contribution < -0.4 is 10.2 Å². The van der Waals surface area contributed by atoms with Gasteiger partial charge in [-0.1, -0.05) is 193 Å². The first-order valence-electron chi connectivity index (χ1n) is 23.5. The van der Waals surface area contributed by atoms with Gasteiger partial charge in [-0.15, -0.1) is 0 Å². The lowest BCUT2D eigenvalue weighted by Gasteiger charge is -2.30. The van der Waals surface area contributed by atoms with Crippen molar-refractivity contribution < 1.29 is 32.9 Å². The summed E-state index contributed by atoms with van der Waals surface area (Å²) in [6.45, 7) is 4.66. The molecule has 3 atom stereocenters. The number of nitrogens with one attached hydrogen (secondary N) is 1. The molecule has 0 aliphatic rings. The van der Waals surface area contributed by atoms with Gasteiger partial charge in [0.15, 0.2) is 0 Å². The summed E-state index contributed by atoms with van der Waals surface area (Å²) < 4.78 is 23.1. The van der Waals surface area contributed by atoms with Gasteiger partial charge in [0, 0.05) is 6.42 Å². The predicted molar refractivity (Wildman–Crippen MR) is 233 cm³/mol. The van der Waals surface area contributed by atoms with E-state index in [0.717, 1.165) is 38.5 Å². The summed E-state index contributed by atoms with van der Waals surface area (Å²) in [6.07, 6.45) is 44.1. The van der Waals surface area contributed by atoms with E-state index in [-0.39, 0.29) is 19.1 Å². The summed E-state index contributed by atoms with van der Waals surface area (Å²) in [7, 11) is 1.31. The highest BCUT2D eigenvalue weighted by Gasteiger charge is 2.24. The first-order valence-corrected chi connectivity index (χ1v) is 25.0. The van der Waals surface area contributed by atoms with E-state index in [2.05, 4.69) is 31.3 Å². The number of phosphoric acid groups is 1. The SMILES string of the molecule is CCCCCCCCCC/C=C\CCCCCCCCCCCCCCCCCC(=O)NC(COP(=O)([O-])OCC[N+](C)(C)C)C(O)CCCCCCCC. The third kappa shape index (κ3) is 41.2. The lowest BCUT2D eigenvalue weighted by atomic mass is 10.0.